The number of halogens is 4. The van der Waals surface area contributed by atoms with Crippen molar-refractivity contribution in [1.82, 2.24) is 4.72 Å². The molecule has 0 bridgehead atoms. The zero-order valence-corrected chi connectivity index (χ0v) is 16.9. The fraction of sp³-hybridized carbons (Fsp3) is 0.200. The Hall–Kier alpha value is -1.63. The average molecular weight is 487 g/mol. The van der Waals surface area contributed by atoms with Crippen LogP contribution in [0.2, 0.25) is 0 Å². The predicted octanol–water partition coefficient (Wildman–Crippen LogP) is 3.40. The van der Waals surface area contributed by atoms with E-state index in [0.717, 1.165) is 28.7 Å². The number of anilines is 1. The summed E-state index contributed by atoms with van der Waals surface area (Å²) in [5, 5.41) is 0. The molecule has 2 aromatic rings. The van der Waals surface area contributed by atoms with Crippen molar-refractivity contribution in [1.29, 1.82) is 0 Å². The third-order valence-corrected chi connectivity index (χ3v) is 7.01. The number of sulfonamides is 2. The number of hydrogen-bond donors (Lipinski definition) is 2. The van der Waals surface area contributed by atoms with Gasteiger partial charge in [-0.25, -0.2) is 21.6 Å². The van der Waals surface area contributed by atoms with Crippen LogP contribution >= 0.6 is 15.9 Å². The Morgan fingerprint density at radius 2 is 1.48 bits per heavy atom. The number of benzene rings is 2. The van der Waals surface area contributed by atoms with Crippen LogP contribution in [0.5, 0.6) is 0 Å². The summed E-state index contributed by atoms with van der Waals surface area (Å²) in [6, 6.07) is 8.71. The number of aryl methyl sites for hydroxylation is 1. The Labute approximate surface area is 163 Å². The van der Waals surface area contributed by atoms with E-state index in [9.17, 15) is 30.0 Å². The fourth-order valence-electron chi connectivity index (χ4n) is 1.96. The first-order valence-electron chi connectivity index (χ1n) is 7.26. The quantitative estimate of drug-likeness (QED) is 0.654. The molecular formula is C15H14BrF3N2O4S2. The van der Waals surface area contributed by atoms with Gasteiger partial charge in [0.25, 0.3) is 10.0 Å². The van der Waals surface area contributed by atoms with Crippen molar-refractivity contribution in [3.63, 3.8) is 0 Å². The van der Waals surface area contributed by atoms with E-state index in [4.69, 9.17) is 0 Å². The van der Waals surface area contributed by atoms with Crippen molar-refractivity contribution in [2.75, 3.05) is 11.3 Å². The molecule has 12 heteroatoms. The van der Waals surface area contributed by atoms with Crippen LogP contribution in [-0.2, 0) is 20.0 Å². The van der Waals surface area contributed by atoms with Crippen molar-refractivity contribution < 1.29 is 30.0 Å². The molecule has 2 aromatic carbocycles. The number of alkyl halides is 3. The maximum absolute atomic E-state index is 12.4. The second-order valence-corrected chi connectivity index (χ2v) is 9.78. The Balaban J connectivity index is 2.18. The molecule has 0 unspecified atom stereocenters. The van der Waals surface area contributed by atoms with Crippen molar-refractivity contribution in [3.8, 4) is 0 Å². The lowest BCUT2D eigenvalue weighted by molar-refractivity contribution is -0.121. The van der Waals surface area contributed by atoms with Crippen molar-refractivity contribution in [2.45, 2.75) is 22.9 Å². The molecule has 0 atom stereocenters. The van der Waals surface area contributed by atoms with Gasteiger partial charge in [-0.2, -0.15) is 13.2 Å². The minimum absolute atomic E-state index is 0.00624. The second-order valence-electron chi connectivity index (χ2n) is 5.48. The molecule has 27 heavy (non-hydrogen) atoms. The monoisotopic (exact) mass is 486 g/mol. The lowest BCUT2D eigenvalue weighted by Gasteiger charge is -2.11. The molecule has 6 nitrogen and oxygen atoms in total. The van der Waals surface area contributed by atoms with E-state index >= 15 is 0 Å². The summed E-state index contributed by atoms with van der Waals surface area (Å²) in [6.45, 7) is 0.0172. The van der Waals surface area contributed by atoms with Crippen LogP contribution in [0.4, 0.5) is 18.9 Å². The molecule has 0 radical (unpaired) electrons. The summed E-state index contributed by atoms with van der Waals surface area (Å²) in [5.74, 6) is 0. The van der Waals surface area contributed by atoms with Gasteiger partial charge in [0.05, 0.1) is 9.79 Å². The maximum Gasteiger partial charge on any atom is 0.402 e. The summed E-state index contributed by atoms with van der Waals surface area (Å²) in [7, 11) is -8.28. The molecule has 0 aliphatic heterocycles. The third kappa shape index (κ3) is 5.92. The zero-order chi connectivity index (χ0) is 20.5. The van der Waals surface area contributed by atoms with Gasteiger partial charge in [0.1, 0.15) is 6.54 Å². The Morgan fingerprint density at radius 1 is 0.926 bits per heavy atom. The minimum atomic E-state index is -4.69. The van der Waals surface area contributed by atoms with Crippen LogP contribution in [0.15, 0.2) is 56.7 Å². The van der Waals surface area contributed by atoms with Crippen molar-refractivity contribution in [2.24, 2.45) is 0 Å². The standard InChI is InChI=1S/C15H14BrF3N2O4S2/c1-10-8-13(6-7-14(10)16)27(24,25)21-11-2-4-12(5-3-11)26(22,23)20-9-15(17,18)19/h2-8,20-21H,9H2,1H3. The largest absolute Gasteiger partial charge is 0.402 e. The molecule has 0 spiro atoms. The molecule has 2 rings (SSSR count). The summed E-state index contributed by atoms with van der Waals surface area (Å²) < 4.78 is 89.3. The van der Waals surface area contributed by atoms with Gasteiger partial charge in [0.2, 0.25) is 10.0 Å². The van der Waals surface area contributed by atoms with E-state index in [-0.39, 0.29) is 10.6 Å². The molecule has 0 heterocycles. The normalized spacial score (nSPS) is 12.8. The third-order valence-electron chi connectivity index (χ3n) is 3.32. The highest BCUT2D eigenvalue weighted by molar-refractivity contribution is 9.10. The highest BCUT2D eigenvalue weighted by atomic mass is 79.9. The molecular weight excluding hydrogens is 473 g/mol. The van der Waals surface area contributed by atoms with Crippen LogP contribution in [0.3, 0.4) is 0 Å². The van der Waals surface area contributed by atoms with E-state index < -0.39 is 37.7 Å². The first kappa shape index (κ1) is 21.7. The van der Waals surface area contributed by atoms with Crippen molar-refractivity contribution >= 4 is 41.7 Å². The van der Waals surface area contributed by atoms with Gasteiger partial charge in [0, 0.05) is 10.2 Å². The summed E-state index contributed by atoms with van der Waals surface area (Å²) in [5.41, 5.74) is 0.764. The number of rotatable bonds is 6. The molecule has 0 aliphatic rings. The lowest BCUT2D eigenvalue weighted by atomic mass is 10.2. The smallest absolute Gasteiger partial charge is 0.280 e. The molecule has 148 valence electrons. The minimum Gasteiger partial charge on any atom is -0.280 e. The van der Waals surface area contributed by atoms with Crippen LogP contribution in [0, 0.1) is 6.92 Å². The molecule has 0 fully saturated rings. The molecule has 2 N–H and O–H groups in total. The van der Waals surface area contributed by atoms with Crippen LogP contribution in [0.25, 0.3) is 0 Å². The lowest BCUT2D eigenvalue weighted by Crippen LogP contribution is -2.33. The van der Waals surface area contributed by atoms with E-state index in [1.807, 2.05) is 0 Å². The van der Waals surface area contributed by atoms with Gasteiger partial charge in [-0.3, -0.25) is 4.72 Å². The topological polar surface area (TPSA) is 92.3 Å². The zero-order valence-electron chi connectivity index (χ0n) is 13.7. The highest BCUT2D eigenvalue weighted by Gasteiger charge is 2.30. The molecule has 0 amide bonds. The van der Waals surface area contributed by atoms with Gasteiger partial charge in [-0.15, -0.1) is 0 Å². The SMILES string of the molecule is Cc1cc(S(=O)(=O)Nc2ccc(S(=O)(=O)NCC(F)(F)F)cc2)ccc1Br. The Kier molecular flexibility index (Phi) is 6.24. The predicted molar refractivity (Wildman–Crippen MR) is 97.4 cm³/mol. The first-order chi connectivity index (χ1) is 12.3. The maximum atomic E-state index is 12.4. The fourth-order valence-corrected chi connectivity index (χ4v) is 4.37. The van der Waals surface area contributed by atoms with E-state index in [1.54, 1.807) is 13.0 Å². The van der Waals surface area contributed by atoms with Crippen molar-refractivity contribution in [3.05, 3.63) is 52.5 Å². The van der Waals surface area contributed by atoms with E-state index in [2.05, 4.69) is 20.7 Å². The highest BCUT2D eigenvalue weighted by Crippen LogP contribution is 2.23. The van der Waals surface area contributed by atoms with Gasteiger partial charge in [-0.1, -0.05) is 15.9 Å². The Bertz CT molecular complexity index is 1040. The summed E-state index contributed by atoms with van der Waals surface area (Å²) in [4.78, 5) is -0.416. The second kappa shape index (κ2) is 7.78. The van der Waals surface area contributed by atoms with E-state index in [1.165, 1.54) is 16.9 Å². The average Bonchev–Trinajstić information content (AvgIpc) is 2.55. The van der Waals surface area contributed by atoms with Gasteiger partial charge in [-0.05, 0) is 55.0 Å². The summed E-state index contributed by atoms with van der Waals surface area (Å²) >= 11 is 3.27. The molecule has 0 saturated heterocycles. The number of hydrogen-bond acceptors (Lipinski definition) is 4. The van der Waals surface area contributed by atoms with Gasteiger partial charge in [0.15, 0.2) is 0 Å². The molecule has 0 aromatic heterocycles. The summed E-state index contributed by atoms with van der Waals surface area (Å²) in [6.07, 6.45) is -4.69. The molecule has 0 saturated carbocycles. The Morgan fingerprint density at radius 3 is 2.00 bits per heavy atom. The number of nitrogens with one attached hydrogen (secondary N) is 2. The molecule has 0 aliphatic carbocycles. The van der Waals surface area contributed by atoms with Crippen LogP contribution < -0.4 is 9.44 Å². The van der Waals surface area contributed by atoms with Crippen LogP contribution in [0.1, 0.15) is 5.56 Å². The van der Waals surface area contributed by atoms with Gasteiger partial charge >= 0.3 is 6.18 Å². The first-order valence-corrected chi connectivity index (χ1v) is 11.0. The van der Waals surface area contributed by atoms with Gasteiger partial charge < -0.3 is 0 Å². The van der Waals surface area contributed by atoms with E-state index in [0.29, 0.717) is 5.56 Å². The van der Waals surface area contributed by atoms with Crippen LogP contribution in [-0.4, -0.2) is 29.6 Å².